The first-order chi connectivity index (χ1) is 4.74. The molecule has 0 heterocycles. The van der Waals surface area contributed by atoms with Crippen LogP contribution >= 0.6 is 0 Å². The summed E-state index contributed by atoms with van der Waals surface area (Å²) in [6, 6.07) is 0. The molecular formula is C6H16N2O2. The van der Waals surface area contributed by atoms with Gasteiger partial charge in [-0.3, -0.25) is 0 Å². The van der Waals surface area contributed by atoms with Crippen LogP contribution < -0.4 is 11.5 Å². The van der Waals surface area contributed by atoms with E-state index < -0.39 is 0 Å². The second-order valence-electron chi connectivity index (χ2n) is 1.28. The molecule has 0 saturated heterocycles. The molecule has 10 heavy (non-hydrogen) atoms. The minimum Gasteiger partial charge on any atom is -0.331 e. The lowest BCUT2D eigenvalue weighted by Gasteiger charge is -1.70. The van der Waals surface area contributed by atoms with Crippen molar-refractivity contribution in [2.45, 2.75) is 20.3 Å². The standard InChI is InChI=1S/C3H9N.C2H7N.CO2/c1-2-3-4;1-2-3;2-1-3/h2-4H2,1H3;2-3H2,1H3;. The lowest BCUT2D eigenvalue weighted by atomic mass is 10.5. The highest BCUT2D eigenvalue weighted by Gasteiger charge is 1.55. The zero-order chi connectivity index (χ0) is 8.83. The molecule has 62 valence electrons. The van der Waals surface area contributed by atoms with Gasteiger partial charge in [0.25, 0.3) is 0 Å². The Kier molecular flexibility index (Phi) is 65.6. The van der Waals surface area contributed by atoms with Crippen molar-refractivity contribution >= 4 is 6.15 Å². The molecular weight excluding hydrogens is 132 g/mol. The van der Waals surface area contributed by atoms with Gasteiger partial charge in [-0.25, -0.2) is 0 Å². The zero-order valence-electron chi connectivity index (χ0n) is 6.59. The number of hydrogen-bond acceptors (Lipinski definition) is 4. The van der Waals surface area contributed by atoms with E-state index in [0.29, 0.717) is 0 Å². The first-order valence-electron chi connectivity index (χ1n) is 3.14. The quantitative estimate of drug-likeness (QED) is 0.536. The fraction of sp³-hybridized carbons (Fsp3) is 0.833. The maximum Gasteiger partial charge on any atom is 0.373 e. The SMILES string of the molecule is CCCN.CCN.O=C=O. The van der Waals surface area contributed by atoms with Crippen LogP contribution in [0, 0.1) is 0 Å². The van der Waals surface area contributed by atoms with Gasteiger partial charge in [0.15, 0.2) is 0 Å². The first-order valence-corrected chi connectivity index (χ1v) is 3.14. The molecule has 0 radical (unpaired) electrons. The van der Waals surface area contributed by atoms with Gasteiger partial charge >= 0.3 is 6.15 Å². The van der Waals surface area contributed by atoms with Crippen LogP contribution in [0.1, 0.15) is 20.3 Å². The summed E-state index contributed by atoms with van der Waals surface area (Å²) in [6.07, 6.45) is 1.35. The molecule has 0 atom stereocenters. The summed E-state index contributed by atoms with van der Waals surface area (Å²) in [5.41, 5.74) is 9.88. The summed E-state index contributed by atoms with van der Waals surface area (Å²) in [5, 5.41) is 0. The zero-order valence-corrected chi connectivity index (χ0v) is 6.59. The Morgan fingerprint density at radius 3 is 1.30 bits per heavy atom. The second-order valence-corrected chi connectivity index (χ2v) is 1.28. The van der Waals surface area contributed by atoms with Gasteiger partial charge < -0.3 is 11.5 Å². The molecule has 0 fully saturated rings. The van der Waals surface area contributed by atoms with E-state index in [1.807, 2.05) is 6.92 Å². The minimum absolute atomic E-state index is 0.250. The average molecular weight is 148 g/mol. The van der Waals surface area contributed by atoms with Gasteiger partial charge in [-0.2, -0.15) is 9.59 Å². The lowest BCUT2D eigenvalue weighted by Crippen LogP contribution is -1.93. The van der Waals surface area contributed by atoms with Crippen LogP contribution in [0.2, 0.25) is 0 Å². The number of rotatable bonds is 1. The van der Waals surface area contributed by atoms with Gasteiger partial charge in [0.05, 0.1) is 0 Å². The Labute approximate surface area is 61.6 Å². The largest absolute Gasteiger partial charge is 0.373 e. The Hall–Kier alpha value is -0.700. The molecule has 0 unspecified atom stereocenters. The molecule has 0 amide bonds. The molecule has 4 heteroatoms. The van der Waals surface area contributed by atoms with Crippen molar-refractivity contribution in [1.29, 1.82) is 0 Å². The average Bonchev–Trinajstić information content (AvgIpc) is 1.91. The summed E-state index contributed by atoms with van der Waals surface area (Å²) in [6.45, 7) is 5.53. The highest BCUT2D eigenvalue weighted by Crippen LogP contribution is 1.57. The van der Waals surface area contributed by atoms with E-state index in [4.69, 9.17) is 21.1 Å². The van der Waals surface area contributed by atoms with Gasteiger partial charge in [-0.15, -0.1) is 0 Å². The molecule has 0 aromatic carbocycles. The summed E-state index contributed by atoms with van der Waals surface area (Å²) in [7, 11) is 0. The van der Waals surface area contributed by atoms with Crippen molar-refractivity contribution in [1.82, 2.24) is 0 Å². The van der Waals surface area contributed by atoms with Crippen LogP contribution in [-0.4, -0.2) is 19.2 Å². The smallest absolute Gasteiger partial charge is 0.331 e. The number of hydrogen-bond donors (Lipinski definition) is 2. The van der Waals surface area contributed by atoms with Crippen LogP contribution in [0.4, 0.5) is 0 Å². The first kappa shape index (κ1) is 16.1. The summed E-state index contributed by atoms with van der Waals surface area (Å²) in [5.74, 6) is 0. The molecule has 0 aromatic heterocycles. The van der Waals surface area contributed by atoms with Gasteiger partial charge in [0, 0.05) is 0 Å². The fourth-order valence-corrected chi connectivity index (χ4v) is 0. The van der Waals surface area contributed by atoms with E-state index in [2.05, 4.69) is 6.92 Å². The van der Waals surface area contributed by atoms with Crippen LogP contribution in [0.15, 0.2) is 0 Å². The second kappa shape index (κ2) is 40.6. The third kappa shape index (κ3) is 3220. The fourth-order valence-electron chi connectivity index (χ4n) is 0. The maximum atomic E-state index is 8.12. The third-order valence-corrected chi connectivity index (χ3v) is 0.289. The summed E-state index contributed by atoms with van der Waals surface area (Å²) < 4.78 is 0. The maximum absolute atomic E-state index is 8.12. The molecule has 0 bridgehead atoms. The molecule has 4 nitrogen and oxygen atoms in total. The van der Waals surface area contributed by atoms with Crippen LogP contribution in [0.25, 0.3) is 0 Å². The van der Waals surface area contributed by atoms with Gasteiger partial charge in [0.2, 0.25) is 0 Å². The van der Waals surface area contributed by atoms with Crippen molar-refractivity contribution in [2.24, 2.45) is 11.5 Å². The van der Waals surface area contributed by atoms with Crippen molar-refractivity contribution < 1.29 is 9.59 Å². The molecule has 0 aliphatic heterocycles. The monoisotopic (exact) mass is 148 g/mol. The van der Waals surface area contributed by atoms with Crippen molar-refractivity contribution in [3.05, 3.63) is 0 Å². The van der Waals surface area contributed by atoms with E-state index in [0.717, 1.165) is 19.5 Å². The highest BCUT2D eigenvalue weighted by molar-refractivity contribution is 5.20. The van der Waals surface area contributed by atoms with Gasteiger partial charge in [-0.1, -0.05) is 13.8 Å². The molecule has 0 spiro atoms. The van der Waals surface area contributed by atoms with E-state index in [1.54, 1.807) is 0 Å². The van der Waals surface area contributed by atoms with Crippen molar-refractivity contribution in [2.75, 3.05) is 13.1 Å². The highest BCUT2D eigenvalue weighted by atomic mass is 16.2. The molecule has 0 aliphatic carbocycles. The molecule has 0 aliphatic rings. The van der Waals surface area contributed by atoms with E-state index in [1.165, 1.54) is 0 Å². The Bertz CT molecular complexity index is 58.8. The van der Waals surface area contributed by atoms with E-state index in [-0.39, 0.29) is 6.15 Å². The normalized spacial score (nSPS) is 5.60. The topological polar surface area (TPSA) is 86.2 Å². The van der Waals surface area contributed by atoms with Crippen molar-refractivity contribution in [3.63, 3.8) is 0 Å². The lowest BCUT2D eigenvalue weighted by molar-refractivity contribution is -0.191. The molecule has 4 N–H and O–H groups in total. The Balaban J connectivity index is -0.0000000750. The predicted octanol–water partition coefficient (Wildman–Crippen LogP) is -0.263. The third-order valence-electron chi connectivity index (χ3n) is 0.289. The summed E-state index contributed by atoms with van der Waals surface area (Å²) >= 11 is 0. The Morgan fingerprint density at radius 1 is 1.20 bits per heavy atom. The van der Waals surface area contributed by atoms with Gasteiger partial charge in [-0.05, 0) is 19.5 Å². The minimum atomic E-state index is 0.250. The number of nitrogens with two attached hydrogens (primary N) is 2. The van der Waals surface area contributed by atoms with Crippen LogP contribution in [0.5, 0.6) is 0 Å². The van der Waals surface area contributed by atoms with Gasteiger partial charge in [0.1, 0.15) is 0 Å². The predicted molar refractivity (Wildman–Crippen MR) is 39.1 cm³/mol. The number of carbonyl (C=O) groups excluding carboxylic acids is 2. The molecule has 0 aromatic rings. The Morgan fingerprint density at radius 2 is 1.30 bits per heavy atom. The van der Waals surface area contributed by atoms with Crippen molar-refractivity contribution in [3.8, 4) is 0 Å². The molecule has 0 rings (SSSR count). The van der Waals surface area contributed by atoms with Crippen LogP contribution in [0.3, 0.4) is 0 Å². The summed E-state index contributed by atoms with van der Waals surface area (Å²) in [4.78, 5) is 16.2. The van der Waals surface area contributed by atoms with E-state index >= 15 is 0 Å². The molecule has 0 saturated carbocycles. The van der Waals surface area contributed by atoms with E-state index in [9.17, 15) is 0 Å². The van der Waals surface area contributed by atoms with Crippen LogP contribution in [-0.2, 0) is 9.59 Å².